The molecule has 5 nitrogen and oxygen atoms in total. The average Bonchev–Trinajstić information content (AvgIpc) is 2.34. The van der Waals surface area contributed by atoms with Crippen LogP contribution in [-0.2, 0) is 4.74 Å². The Kier molecular flexibility index (Phi) is 16.0. The van der Waals surface area contributed by atoms with Gasteiger partial charge in [0.15, 0.2) is 5.96 Å². The average molecular weight is 386 g/mol. The van der Waals surface area contributed by atoms with Gasteiger partial charge in [0.25, 0.3) is 0 Å². The highest BCUT2D eigenvalue weighted by Crippen LogP contribution is 1.95. The normalized spacial score (nSPS) is 11.6. The van der Waals surface area contributed by atoms with Crippen LogP contribution >= 0.6 is 24.0 Å². The third kappa shape index (κ3) is 14.1. The van der Waals surface area contributed by atoms with Crippen molar-refractivity contribution < 1.29 is 4.74 Å². The van der Waals surface area contributed by atoms with Gasteiger partial charge in [0.05, 0.1) is 6.61 Å². The molecule has 0 rings (SSSR count). The number of hydrogen-bond donors (Lipinski definition) is 2. The Morgan fingerprint density at radius 1 is 1.21 bits per heavy atom. The number of ether oxygens (including phenoxy) is 1. The quantitative estimate of drug-likeness (QED) is 0.357. The van der Waals surface area contributed by atoms with E-state index < -0.39 is 0 Å². The number of halogens is 1. The molecule has 0 aliphatic carbocycles. The van der Waals surface area contributed by atoms with E-state index in [0.717, 1.165) is 51.1 Å². The zero-order valence-electron chi connectivity index (χ0n) is 13.0. The highest BCUT2D eigenvalue weighted by Gasteiger charge is 2.00. The molecule has 0 heterocycles. The zero-order valence-corrected chi connectivity index (χ0v) is 15.4. The van der Waals surface area contributed by atoms with E-state index in [2.05, 4.69) is 41.4 Å². The van der Waals surface area contributed by atoms with E-state index in [1.165, 1.54) is 0 Å². The molecule has 0 aromatic rings. The highest BCUT2D eigenvalue weighted by molar-refractivity contribution is 14.0. The summed E-state index contributed by atoms with van der Waals surface area (Å²) in [5.41, 5.74) is 0. The number of guanidine groups is 1. The summed E-state index contributed by atoms with van der Waals surface area (Å²) >= 11 is 0. The van der Waals surface area contributed by atoms with E-state index in [4.69, 9.17) is 4.74 Å². The lowest BCUT2D eigenvalue weighted by molar-refractivity contribution is 0.162. The molecule has 2 N–H and O–H groups in total. The molecule has 0 amide bonds. The number of hydrogen-bond acceptors (Lipinski definition) is 3. The molecule has 0 bridgehead atoms. The minimum absolute atomic E-state index is 0. The van der Waals surface area contributed by atoms with Gasteiger partial charge >= 0.3 is 0 Å². The molecule has 0 aromatic carbocycles. The summed E-state index contributed by atoms with van der Waals surface area (Å²) in [6, 6.07) is 0. The first-order valence-corrected chi connectivity index (χ1v) is 6.72. The lowest BCUT2D eigenvalue weighted by atomic mass is 10.1. The van der Waals surface area contributed by atoms with Crippen LogP contribution in [0.25, 0.3) is 0 Å². The molecule has 0 aromatic heterocycles. The maximum atomic E-state index is 5.04. The fourth-order valence-electron chi connectivity index (χ4n) is 1.42. The fourth-order valence-corrected chi connectivity index (χ4v) is 1.42. The van der Waals surface area contributed by atoms with Gasteiger partial charge in [-0.15, -0.1) is 24.0 Å². The molecule has 0 atom stereocenters. The molecule has 116 valence electrons. The van der Waals surface area contributed by atoms with Crippen LogP contribution in [0.2, 0.25) is 0 Å². The van der Waals surface area contributed by atoms with Crippen molar-refractivity contribution in [1.29, 1.82) is 0 Å². The Bertz CT molecular complexity index is 225. The third-order valence-electron chi connectivity index (χ3n) is 2.70. The summed E-state index contributed by atoms with van der Waals surface area (Å²) in [6.45, 7) is 9.02. The molecule has 6 heteroatoms. The Morgan fingerprint density at radius 3 is 2.37 bits per heavy atom. The largest absolute Gasteiger partial charge is 0.383 e. The molecular weight excluding hydrogens is 355 g/mol. The monoisotopic (exact) mass is 386 g/mol. The van der Waals surface area contributed by atoms with Crippen LogP contribution in [0, 0.1) is 5.92 Å². The van der Waals surface area contributed by atoms with E-state index in [0.29, 0.717) is 0 Å². The summed E-state index contributed by atoms with van der Waals surface area (Å²) in [7, 11) is 5.63. The first-order valence-electron chi connectivity index (χ1n) is 6.72. The van der Waals surface area contributed by atoms with Gasteiger partial charge in [0.1, 0.15) is 0 Å². The van der Waals surface area contributed by atoms with E-state index in [9.17, 15) is 0 Å². The maximum Gasteiger partial charge on any atom is 0.191 e. The number of rotatable bonds is 9. The number of aliphatic imine (C=N–C) groups is 1. The molecule has 0 spiro atoms. The predicted molar refractivity (Wildman–Crippen MR) is 93.6 cm³/mol. The standard InChI is InChI=1S/C13H30N4O.HI/c1-12(2)6-7-15-13(14-3)16-8-9-17(4)10-11-18-5;/h12H,6-11H2,1-5H3,(H2,14,15,16);1H. The van der Waals surface area contributed by atoms with Crippen LogP contribution in [0.15, 0.2) is 4.99 Å². The molecule has 0 unspecified atom stereocenters. The van der Waals surface area contributed by atoms with E-state index >= 15 is 0 Å². The van der Waals surface area contributed by atoms with Crippen LogP contribution in [0.3, 0.4) is 0 Å². The smallest absolute Gasteiger partial charge is 0.191 e. The van der Waals surface area contributed by atoms with Gasteiger partial charge in [-0.25, -0.2) is 0 Å². The molecule has 0 radical (unpaired) electrons. The zero-order chi connectivity index (χ0) is 13.8. The summed E-state index contributed by atoms with van der Waals surface area (Å²) < 4.78 is 5.04. The van der Waals surface area contributed by atoms with Crippen molar-refractivity contribution in [3.05, 3.63) is 0 Å². The lowest BCUT2D eigenvalue weighted by Gasteiger charge is -2.18. The first kappa shape index (κ1) is 21.2. The summed E-state index contributed by atoms with van der Waals surface area (Å²) in [5, 5.41) is 6.62. The second-order valence-corrected chi connectivity index (χ2v) is 4.90. The molecular formula is C13H31IN4O. The molecule has 19 heavy (non-hydrogen) atoms. The maximum absolute atomic E-state index is 5.04. The summed E-state index contributed by atoms with van der Waals surface area (Å²) in [4.78, 5) is 6.43. The van der Waals surface area contributed by atoms with Crippen molar-refractivity contribution >= 4 is 29.9 Å². The Hall–Kier alpha value is -0.0800. The van der Waals surface area contributed by atoms with Crippen LogP contribution in [0.5, 0.6) is 0 Å². The Labute approximate surface area is 135 Å². The van der Waals surface area contributed by atoms with Crippen molar-refractivity contribution in [2.75, 3.05) is 54.0 Å². The first-order chi connectivity index (χ1) is 8.60. The van der Waals surface area contributed by atoms with Gasteiger partial charge in [0, 0.05) is 40.3 Å². The van der Waals surface area contributed by atoms with E-state index in [-0.39, 0.29) is 24.0 Å². The van der Waals surface area contributed by atoms with Crippen molar-refractivity contribution in [2.45, 2.75) is 20.3 Å². The Morgan fingerprint density at radius 2 is 1.84 bits per heavy atom. The topological polar surface area (TPSA) is 48.9 Å². The predicted octanol–water partition coefficient (Wildman–Crippen LogP) is 1.39. The van der Waals surface area contributed by atoms with Crippen LogP contribution < -0.4 is 10.6 Å². The number of nitrogens with zero attached hydrogens (tertiary/aromatic N) is 2. The molecule has 0 aliphatic rings. The Balaban J connectivity index is 0. The highest BCUT2D eigenvalue weighted by atomic mass is 127. The number of nitrogens with one attached hydrogen (secondary N) is 2. The fraction of sp³-hybridized carbons (Fsp3) is 0.923. The van der Waals surface area contributed by atoms with Crippen LogP contribution in [-0.4, -0.2) is 64.9 Å². The summed E-state index contributed by atoms with van der Waals surface area (Å²) in [6.07, 6.45) is 1.16. The minimum atomic E-state index is 0. The van der Waals surface area contributed by atoms with Crippen molar-refractivity contribution in [2.24, 2.45) is 10.9 Å². The summed E-state index contributed by atoms with van der Waals surface area (Å²) in [5.74, 6) is 1.60. The van der Waals surface area contributed by atoms with Gasteiger partial charge in [-0.1, -0.05) is 13.8 Å². The van der Waals surface area contributed by atoms with Gasteiger partial charge in [-0.3, -0.25) is 4.99 Å². The lowest BCUT2D eigenvalue weighted by Crippen LogP contribution is -2.41. The van der Waals surface area contributed by atoms with Crippen LogP contribution in [0.4, 0.5) is 0 Å². The molecule has 0 aliphatic heterocycles. The van der Waals surface area contributed by atoms with E-state index in [1.54, 1.807) is 14.2 Å². The molecule has 0 fully saturated rings. The van der Waals surface area contributed by atoms with Gasteiger partial charge in [-0.2, -0.15) is 0 Å². The SMILES string of the molecule is CN=C(NCCC(C)C)NCCN(C)CCOC.I. The molecule has 0 saturated heterocycles. The minimum Gasteiger partial charge on any atom is -0.383 e. The second-order valence-electron chi connectivity index (χ2n) is 4.90. The van der Waals surface area contributed by atoms with E-state index in [1.807, 2.05) is 0 Å². The number of methoxy groups -OCH3 is 1. The molecule has 0 saturated carbocycles. The van der Waals surface area contributed by atoms with Gasteiger partial charge < -0.3 is 20.3 Å². The van der Waals surface area contributed by atoms with Crippen molar-refractivity contribution in [3.8, 4) is 0 Å². The second kappa shape index (κ2) is 14.3. The third-order valence-corrected chi connectivity index (χ3v) is 2.70. The van der Waals surface area contributed by atoms with Crippen LogP contribution in [0.1, 0.15) is 20.3 Å². The van der Waals surface area contributed by atoms with Crippen molar-refractivity contribution in [3.63, 3.8) is 0 Å². The number of likely N-dealkylation sites (N-methyl/N-ethyl adjacent to an activating group) is 1. The van der Waals surface area contributed by atoms with Gasteiger partial charge in [-0.05, 0) is 19.4 Å². The van der Waals surface area contributed by atoms with Gasteiger partial charge in [0.2, 0.25) is 0 Å². The van der Waals surface area contributed by atoms with Crippen molar-refractivity contribution in [1.82, 2.24) is 15.5 Å².